The molecule has 0 saturated heterocycles. The van der Waals surface area contributed by atoms with Crippen molar-refractivity contribution in [3.8, 4) is 0 Å². The molecule has 3 rings (SSSR count). The fraction of sp³-hybridized carbons (Fsp3) is 0.263. The lowest BCUT2D eigenvalue weighted by Crippen LogP contribution is -2.37. The summed E-state index contributed by atoms with van der Waals surface area (Å²) in [5, 5.41) is 15.4. The lowest BCUT2D eigenvalue weighted by molar-refractivity contribution is 0.250. The molecule has 0 saturated carbocycles. The molecule has 2 amide bonds. The third-order valence-electron chi connectivity index (χ3n) is 4.14. The standard InChI is InChI=1S/C19H22N6O2S/c1-12(13-5-3-2-4-6-13)24-19(26)25-17-7-16(20)15(8-22-17)18(21)27-9-14-10-28-11-23-14/h3,5-8,10-12,21H,2,4,9H2,1H3,(H4,20,22,24,25,26)/t12-/m1/s1. The molecule has 0 unspecified atom stereocenters. The second kappa shape index (κ2) is 9.14. The number of thiazole rings is 1. The van der Waals surface area contributed by atoms with Gasteiger partial charge in [-0.1, -0.05) is 18.2 Å². The predicted molar refractivity (Wildman–Crippen MR) is 110 cm³/mol. The van der Waals surface area contributed by atoms with Crippen LogP contribution in [0.2, 0.25) is 0 Å². The number of aromatic nitrogens is 2. The number of rotatable bonds is 6. The molecule has 0 aromatic carbocycles. The van der Waals surface area contributed by atoms with Crippen LogP contribution in [0.4, 0.5) is 16.3 Å². The van der Waals surface area contributed by atoms with Crippen LogP contribution in [0.1, 0.15) is 31.0 Å². The van der Waals surface area contributed by atoms with Crippen molar-refractivity contribution in [1.82, 2.24) is 15.3 Å². The van der Waals surface area contributed by atoms with Crippen molar-refractivity contribution >= 4 is 34.8 Å². The molecule has 28 heavy (non-hydrogen) atoms. The van der Waals surface area contributed by atoms with Crippen molar-refractivity contribution in [2.24, 2.45) is 0 Å². The number of urea groups is 1. The fourth-order valence-electron chi connectivity index (χ4n) is 2.65. The molecule has 0 bridgehead atoms. The van der Waals surface area contributed by atoms with Gasteiger partial charge in [0.15, 0.2) is 0 Å². The summed E-state index contributed by atoms with van der Waals surface area (Å²) in [6.07, 6.45) is 9.65. The highest BCUT2D eigenvalue weighted by Gasteiger charge is 2.14. The van der Waals surface area contributed by atoms with Gasteiger partial charge in [0.1, 0.15) is 12.4 Å². The maximum absolute atomic E-state index is 12.2. The van der Waals surface area contributed by atoms with Crippen molar-refractivity contribution in [3.05, 3.63) is 58.2 Å². The van der Waals surface area contributed by atoms with Gasteiger partial charge < -0.3 is 15.8 Å². The molecular weight excluding hydrogens is 376 g/mol. The summed E-state index contributed by atoms with van der Waals surface area (Å²) in [6, 6.07) is 1.02. The van der Waals surface area contributed by atoms with E-state index in [1.807, 2.05) is 18.4 Å². The van der Waals surface area contributed by atoms with Crippen LogP contribution in [0.25, 0.3) is 0 Å². The molecule has 8 nitrogen and oxygen atoms in total. The Bertz CT molecular complexity index is 907. The number of ether oxygens (including phenoxy) is 1. The Hall–Kier alpha value is -3.20. The van der Waals surface area contributed by atoms with Crippen LogP contribution < -0.4 is 16.4 Å². The van der Waals surface area contributed by atoms with Gasteiger partial charge in [-0.2, -0.15) is 0 Å². The number of hydrogen-bond acceptors (Lipinski definition) is 7. The third kappa shape index (κ3) is 5.17. The predicted octanol–water partition coefficient (Wildman–Crippen LogP) is 3.45. The van der Waals surface area contributed by atoms with E-state index in [1.54, 1.807) is 5.51 Å². The average Bonchev–Trinajstić information content (AvgIpc) is 3.20. The Morgan fingerprint density at radius 1 is 1.43 bits per heavy atom. The van der Waals surface area contributed by atoms with Gasteiger partial charge in [-0.3, -0.25) is 10.7 Å². The number of nitrogens with zero attached hydrogens (tertiary/aromatic N) is 2. The van der Waals surface area contributed by atoms with E-state index in [9.17, 15) is 4.79 Å². The van der Waals surface area contributed by atoms with E-state index in [4.69, 9.17) is 15.9 Å². The molecule has 0 aliphatic heterocycles. The molecule has 2 aromatic heterocycles. The maximum Gasteiger partial charge on any atom is 0.320 e. The summed E-state index contributed by atoms with van der Waals surface area (Å²) in [5.41, 5.74) is 10.2. The van der Waals surface area contributed by atoms with E-state index >= 15 is 0 Å². The Morgan fingerprint density at radius 3 is 2.96 bits per heavy atom. The molecule has 9 heteroatoms. The molecule has 1 aliphatic rings. The SMILES string of the molecule is C[C@@H](NC(=O)Nc1cc(N)c(C(=N)OCc2cscn2)cn1)C1=CCCC=C1. The number of pyridine rings is 1. The molecule has 1 atom stereocenters. The van der Waals surface area contributed by atoms with E-state index in [-0.39, 0.29) is 24.6 Å². The number of nitrogens with two attached hydrogens (primary N) is 1. The first-order chi connectivity index (χ1) is 13.5. The van der Waals surface area contributed by atoms with E-state index < -0.39 is 0 Å². The van der Waals surface area contributed by atoms with Crippen molar-refractivity contribution in [1.29, 1.82) is 5.41 Å². The summed E-state index contributed by atoms with van der Waals surface area (Å²) in [7, 11) is 0. The Balaban J connectivity index is 1.55. The third-order valence-corrected chi connectivity index (χ3v) is 4.78. The van der Waals surface area contributed by atoms with Crippen LogP contribution in [0, 0.1) is 5.41 Å². The van der Waals surface area contributed by atoms with Gasteiger partial charge in [0.2, 0.25) is 5.90 Å². The summed E-state index contributed by atoms with van der Waals surface area (Å²) in [5.74, 6) is 0.199. The quantitative estimate of drug-likeness (QED) is 0.438. The van der Waals surface area contributed by atoms with Gasteiger partial charge in [0.25, 0.3) is 0 Å². The van der Waals surface area contributed by atoms with E-state index in [2.05, 4.69) is 32.8 Å². The minimum atomic E-state index is -0.373. The maximum atomic E-state index is 12.2. The van der Waals surface area contributed by atoms with Crippen molar-refractivity contribution in [3.63, 3.8) is 0 Å². The number of allylic oxidation sites excluding steroid dienone is 2. The van der Waals surface area contributed by atoms with Crippen molar-refractivity contribution in [2.75, 3.05) is 11.1 Å². The van der Waals surface area contributed by atoms with Crippen LogP contribution in [-0.2, 0) is 11.3 Å². The minimum Gasteiger partial charge on any atom is -0.471 e. The highest BCUT2D eigenvalue weighted by Crippen LogP contribution is 2.17. The van der Waals surface area contributed by atoms with E-state index in [1.165, 1.54) is 23.6 Å². The van der Waals surface area contributed by atoms with Gasteiger partial charge in [0, 0.05) is 23.3 Å². The second-order valence-electron chi connectivity index (χ2n) is 6.26. The lowest BCUT2D eigenvalue weighted by Gasteiger charge is -2.18. The zero-order valence-electron chi connectivity index (χ0n) is 15.4. The van der Waals surface area contributed by atoms with Crippen LogP contribution in [-0.4, -0.2) is 27.9 Å². The van der Waals surface area contributed by atoms with Gasteiger partial charge in [-0.25, -0.2) is 14.8 Å². The minimum absolute atomic E-state index is 0.0985. The molecular formula is C19H22N6O2S. The number of hydrogen-bond donors (Lipinski definition) is 4. The monoisotopic (exact) mass is 398 g/mol. The zero-order valence-corrected chi connectivity index (χ0v) is 16.3. The summed E-state index contributed by atoms with van der Waals surface area (Å²) < 4.78 is 5.39. The molecule has 1 aliphatic carbocycles. The Morgan fingerprint density at radius 2 is 2.29 bits per heavy atom. The van der Waals surface area contributed by atoms with Gasteiger partial charge in [-0.15, -0.1) is 11.3 Å². The highest BCUT2D eigenvalue weighted by molar-refractivity contribution is 7.07. The Kier molecular flexibility index (Phi) is 6.38. The number of carbonyl (C=O) groups is 1. The smallest absolute Gasteiger partial charge is 0.320 e. The second-order valence-corrected chi connectivity index (χ2v) is 6.98. The normalized spacial score (nSPS) is 14.1. The van der Waals surface area contributed by atoms with Crippen molar-refractivity contribution in [2.45, 2.75) is 32.4 Å². The van der Waals surface area contributed by atoms with Gasteiger partial charge >= 0.3 is 6.03 Å². The molecule has 0 fully saturated rings. The molecule has 2 aromatic rings. The number of nitrogens with one attached hydrogen (secondary N) is 3. The highest BCUT2D eigenvalue weighted by atomic mass is 32.1. The van der Waals surface area contributed by atoms with Crippen LogP contribution in [0.15, 0.2) is 47.0 Å². The lowest BCUT2D eigenvalue weighted by atomic mass is 10.0. The van der Waals surface area contributed by atoms with Gasteiger partial charge in [0.05, 0.1) is 22.8 Å². The summed E-state index contributed by atoms with van der Waals surface area (Å²) in [4.78, 5) is 20.4. The van der Waals surface area contributed by atoms with Crippen LogP contribution >= 0.6 is 11.3 Å². The number of amides is 2. The average molecular weight is 398 g/mol. The summed E-state index contributed by atoms with van der Waals surface area (Å²) >= 11 is 1.46. The Labute approximate surface area is 167 Å². The van der Waals surface area contributed by atoms with Crippen LogP contribution in [0.3, 0.4) is 0 Å². The number of anilines is 2. The largest absolute Gasteiger partial charge is 0.471 e. The van der Waals surface area contributed by atoms with E-state index in [0.29, 0.717) is 17.1 Å². The number of nitrogen functional groups attached to an aromatic ring is 1. The molecule has 5 N–H and O–H groups in total. The van der Waals surface area contributed by atoms with E-state index in [0.717, 1.165) is 24.1 Å². The van der Waals surface area contributed by atoms with Crippen molar-refractivity contribution < 1.29 is 9.53 Å². The zero-order chi connectivity index (χ0) is 19.9. The molecule has 2 heterocycles. The van der Waals surface area contributed by atoms with Crippen LogP contribution in [0.5, 0.6) is 0 Å². The molecule has 146 valence electrons. The summed E-state index contributed by atoms with van der Waals surface area (Å²) in [6.45, 7) is 2.11. The number of carbonyl (C=O) groups excluding carboxylic acids is 1. The fourth-order valence-corrected chi connectivity index (χ4v) is 3.19. The first-order valence-electron chi connectivity index (χ1n) is 8.81. The molecule has 0 spiro atoms. The van der Waals surface area contributed by atoms with Gasteiger partial charge in [-0.05, 0) is 25.3 Å². The first-order valence-corrected chi connectivity index (χ1v) is 9.75. The first kappa shape index (κ1) is 19.6. The molecule has 0 radical (unpaired) electrons. The topological polar surface area (TPSA) is 126 Å².